The van der Waals surface area contributed by atoms with Crippen LogP contribution in [0.2, 0.25) is 0 Å². The average molecular weight is 238 g/mol. The Morgan fingerprint density at radius 1 is 0.941 bits per heavy atom. The Morgan fingerprint density at radius 2 is 1.35 bits per heavy atom. The number of anilines is 1. The third kappa shape index (κ3) is 15.0. The van der Waals surface area contributed by atoms with Gasteiger partial charge in [-0.05, 0) is 45.1 Å². The second kappa shape index (κ2) is 15.0. The van der Waals surface area contributed by atoms with E-state index in [0.29, 0.717) is 0 Å². The van der Waals surface area contributed by atoms with Gasteiger partial charge < -0.3 is 10.6 Å². The molecule has 0 atom stereocenters. The first-order valence-electron chi connectivity index (χ1n) is 6.69. The van der Waals surface area contributed by atoms with Crippen LogP contribution < -0.4 is 5.73 Å². The van der Waals surface area contributed by atoms with E-state index in [1.807, 2.05) is 44.2 Å². The van der Waals surface area contributed by atoms with E-state index < -0.39 is 0 Å². The fourth-order valence-corrected chi connectivity index (χ4v) is 1.33. The molecule has 0 aliphatic rings. The van der Waals surface area contributed by atoms with Crippen molar-refractivity contribution in [2.24, 2.45) is 0 Å². The number of hydrogen-bond acceptors (Lipinski definition) is 2. The van der Waals surface area contributed by atoms with E-state index >= 15 is 0 Å². The molecule has 17 heavy (non-hydrogen) atoms. The summed E-state index contributed by atoms with van der Waals surface area (Å²) in [5, 5.41) is 0. The maximum absolute atomic E-state index is 5.36. The molecule has 2 nitrogen and oxygen atoms in total. The molecule has 0 amide bonds. The molecule has 0 fully saturated rings. The lowest BCUT2D eigenvalue weighted by Gasteiger charge is -2.12. The highest BCUT2D eigenvalue weighted by atomic mass is 15.1. The zero-order valence-electron chi connectivity index (χ0n) is 12.2. The summed E-state index contributed by atoms with van der Waals surface area (Å²) in [6, 6.07) is 9.49. The van der Waals surface area contributed by atoms with Crippen molar-refractivity contribution in [3.63, 3.8) is 0 Å². The van der Waals surface area contributed by atoms with Gasteiger partial charge in [0.1, 0.15) is 0 Å². The van der Waals surface area contributed by atoms with E-state index in [-0.39, 0.29) is 0 Å². The molecule has 100 valence electrons. The molecule has 0 unspecified atom stereocenters. The Bertz CT molecular complexity index is 216. The first kappa shape index (κ1) is 18.3. The van der Waals surface area contributed by atoms with Gasteiger partial charge in [-0.15, -0.1) is 0 Å². The summed E-state index contributed by atoms with van der Waals surface area (Å²) in [5.74, 6) is 0. The molecule has 1 aromatic rings. The Hall–Kier alpha value is -1.02. The van der Waals surface area contributed by atoms with Crippen molar-refractivity contribution in [2.75, 3.05) is 25.9 Å². The van der Waals surface area contributed by atoms with Gasteiger partial charge in [-0.2, -0.15) is 0 Å². The van der Waals surface area contributed by atoms with Gasteiger partial charge in [0.05, 0.1) is 0 Å². The molecule has 1 rings (SSSR count). The van der Waals surface area contributed by atoms with E-state index in [1.165, 1.54) is 25.9 Å². The van der Waals surface area contributed by atoms with E-state index in [2.05, 4.69) is 25.8 Å². The Labute approximate surface area is 108 Å². The number of nitrogens with zero attached hydrogens (tertiary/aromatic N) is 1. The minimum atomic E-state index is 0.822. The first-order valence-corrected chi connectivity index (χ1v) is 6.69. The van der Waals surface area contributed by atoms with E-state index in [1.54, 1.807) is 0 Å². The molecule has 0 spiro atoms. The molecule has 0 saturated heterocycles. The molecule has 0 bridgehead atoms. The average Bonchev–Trinajstić information content (AvgIpc) is 2.34. The summed E-state index contributed by atoms with van der Waals surface area (Å²) in [7, 11) is 2.17. The van der Waals surface area contributed by atoms with E-state index in [0.717, 1.165) is 5.69 Å². The van der Waals surface area contributed by atoms with Crippen LogP contribution in [0.25, 0.3) is 0 Å². The SMILES string of the molecule is CC.CCCN(C)CCC.Nc1ccccc1. The second-order valence-corrected chi connectivity index (χ2v) is 3.71. The van der Waals surface area contributed by atoms with Crippen LogP contribution in [0, 0.1) is 0 Å². The van der Waals surface area contributed by atoms with Gasteiger partial charge in [0, 0.05) is 5.69 Å². The van der Waals surface area contributed by atoms with Gasteiger partial charge in [0.15, 0.2) is 0 Å². The van der Waals surface area contributed by atoms with Gasteiger partial charge in [-0.1, -0.05) is 45.9 Å². The van der Waals surface area contributed by atoms with Crippen molar-refractivity contribution in [3.05, 3.63) is 30.3 Å². The Morgan fingerprint density at radius 3 is 1.59 bits per heavy atom. The zero-order chi connectivity index (χ0) is 13.5. The molecule has 0 saturated carbocycles. The first-order chi connectivity index (χ1) is 8.20. The summed E-state index contributed by atoms with van der Waals surface area (Å²) < 4.78 is 0. The minimum Gasteiger partial charge on any atom is -0.399 e. The zero-order valence-corrected chi connectivity index (χ0v) is 12.2. The highest BCUT2D eigenvalue weighted by Crippen LogP contribution is 1.95. The number of para-hydroxylation sites is 1. The number of benzene rings is 1. The van der Waals surface area contributed by atoms with Crippen LogP contribution in [0.3, 0.4) is 0 Å². The molecular weight excluding hydrogens is 208 g/mol. The number of nitrogen functional groups attached to an aromatic ring is 1. The number of nitrogens with two attached hydrogens (primary N) is 1. The number of hydrogen-bond donors (Lipinski definition) is 1. The lowest BCUT2D eigenvalue weighted by atomic mass is 10.3. The normalized spacial score (nSPS) is 8.82. The monoisotopic (exact) mass is 238 g/mol. The van der Waals surface area contributed by atoms with E-state index in [4.69, 9.17) is 5.73 Å². The largest absolute Gasteiger partial charge is 0.399 e. The predicted octanol–water partition coefficient (Wildman–Crippen LogP) is 4.03. The van der Waals surface area contributed by atoms with Crippen molar-refractivity contribution in [3.8, 4) is 0 Å². The molecule has 2 heteroatoms. The van der Waals surface area contributed by atoms with Gasteiger partial charge in [0.25, 0.3) is 0 Å². The lowest BCUT2D eigenvalue weighted by Crippen LogP contribution is -2.19. The highest BCUT2D eigenvalue weighted by Gasteiger charge is 1.90. The standard InChI is InChI=1S/C7H17N.C6H7N.C2H6/c1-4-6-8(3)7-5-2;7-6-4-2-1-3-5-6;1-2/h4-7H2,1-3H3;1-5H,7H2;1-2H3. The molecule has 2 N–H and O–H groups in total. The van der Waals surface area contributed by atoms with Gasteiger partial charge >= 0.3 is 0 Å². The highest BCUT2D eigenvalue weighted by molar-refractivity contribution is 5.35. The fraction of sp³-hybridized carbons (Fsp3) is 0.600. The van der Waals surface area contributed by atoms with Crippen LogP contribution >= 0.6 is 0 Å². The summed E-state index contributed by atoms with van der Waals surface area (Å²) in [4.78, 5) is 2.36. The summed E-state index contributed by atoms with van der Waals surface area (Å²) in [6.07, 6.45) is 2.55. The van der Waals surface area contributed by atoms with Gasteiger partial charge in [-0.3, -0.25) is 0 Å². The van der Waals surface area contributed by atoms with Crippen molar-refractivity contribution in [1.29, 1.82) is 0 Å². The maximum atomic E-state index is 5.36. The van der Waals surface area contributed by atoms with Crippen molar-refractivity contribution in [2.45, 2.75) is 40.5 Å². The molecule has 0 aromatic heterocycles. The predicted molar refractivity (Wildman–Crippen MR) is 80.3 cm³/mol. The lowest BCUT2D eigenvalue weighted by molar-refractivity contribution is 0.335. The van der Waals surface area contributed by atoms with Crippen LogP contribution in [0.15, 0.2) is 30.3 Å². The van der Waals surface area contributed by atoms with Gasteiger partial charge in [0.2, 0.25) is 0 Å². The smallest absolute Gasteiger partial charge is 0.0313 e. The summed E-state index contributed by atoms with van der Waals surface area (Å²) >= 11 is 0. The van der Waals surface area contributed by atoms with Gasteiger partial charge in [-0.25, -0.2) is 0 Å². The van der Waals surface area contributed by atoms with Crippen LogP contribution in [-0.4, -0.2) is 25.0 Å². The maximum Gasteiger partial charge on any atom is 0.0313 e. The van der Waals surface area contributed by atoms with Crippen LogP contribution in [0.5, 0.6) is 0 Å². The minimum absolute atomic E-state index is 0.822. The molecule has 0 heterocycles. The molecule has 1 aromatic carbocycles. The molecular formula is C15H30N2. The van der Waals surface area contributed by atoms with Crippen molar-refractivity contribution < 1.29 is 0 Å². The molecule has 0 aliphatic carbocycles. The van der Waals surface area contributed by atoms with E-state index in [9.17, 15) is 0 Å². The second-order valence-electron chi connectivity index (χ2n) is 3.71. The van der Waals surface area contributed by atoms with Crippen molar-refractivity contribution in [1.82, 2.24) is 4.90 Å². The quantitative estimate of drug-likeness (QED) is 0.802. The Kier molecular flexibility index (Phi) is 16.2. The van der Waals surface area contributed by atoms with Crippen LogP contribution in [0.4, 0.5) is 5.69 Å². The Balaban J connectivity index is 0. The van der Waals surface area contributed by atoms with Crippen molar-refractivity contribution >= 4 is 5.69 Å². The topological polar surface area (TPSA) is 29.3 Å². The summed E-state index contributed by atoms with van der Waals surface area (Å²) in [6.45, 7) is 10.9. The molecule has 0 radical (unpaired) electrons. The van der Waals surface area contributed by atoms with Crippen LogP contribution in [-0.2, 0) is 0 Å². The third-order valence-corrected chi connectivity index (χ3v) is 2.01. The molecule has 0 aliphatic heterocycles. The van der Waals surface area contributed by atoms with Crippen LogP contribution in [0.1, 0.15) is 40.5 Å². The summed E-state index contributed by atoms with van der Waals surface area (Å²) in [5.41, 5.74) is 6.18. The fourth-order valence-electron chi connectivity index (χ4n) is 1.33. The number of rotatable bonds is 4. The third-order valence-electron chi connectivity index (χ3n) is 2.01.